The highest BCUT2D eigenvalue weighted by Crippen LogP contribution is 2.23. The number of hydrogen-bond acceptors (Lipinski definition) is 4. The van der Waals surface area contributed by atoms with E-state index in [-0.39, 0.29) is 29.3 Å². The van der Waals surface area contributed by atoms with Gasteiger partial charge in [0.1, 0.15) is 11.3 Å². The van der Waals surface area contributed by atoms with Crippen molar-refractivity contribution in [1.82, 2.24) is 0 Å². The monoisotopic (exact) mass is 280 g/mol. The predicted octanol–water partition coefficient (Wildman–Crippen LogP) is 1.79. The van der Waals surface area contributed by atoms with Crippen molar-refractivity contribution in [3.63, 3.8) is 0 Å². The highest BCUT2D eigenvalue weighted by atomic mass is 16.4. The molecule has 0 bridgehead atoms. The van der Waals surface area contributed by atoms with Crippen molar-refractivity contribution in [2.45, 2.75) is 33.2 Å². The second-order valence-electron chi connectivity index (χ2n) is 5.76. The number of benzene rings is 1. The molecule has 0 aliphatic carbocycles. The molecule has 1 atom stereocenters. The van der Waals surface area contributed by atoms with Gasteiger partial charge in [-0.15, -0.1) is 0 Å². The summed E-state index contributed by atoms with van der Waals surface area (Å²) in [6.45, 7) is 5.83. The van der Waals surface area contributed by atoms with Crippen LogP contribution in [0.3, 0.4) is 0 Å². The average molecular weight is 280 g/mol. The van der Waals surface area contributed by atoms with E-state index in [2.05, 4.69) is 5.32 Å². The van der Waals surface area contributed by atoms with E-state index in [1.807, 2.05) is 20.8 Å². The molecule has 0 aliphatic rings. The SMILES string of the molecule is CC(C)(C)C(N)CC(=O)Nc1ccc(C(=O)O)c(O)c1. The molecule has 1 aromatic carbocycles. The first-order chi connectivity index (χ1) is 9.11. The second kappa shape index (κ2) is 5.92. The van der Waals surface area contributed by atoms with Gasteiger partial charge in [-0.1, -0.05) is 20.8 Å². The Bertz CT molecular complexity index is 520. The average Bonchev–Trinajstić information content (AvgIpc) is 2.26. The van der Waals surface area contributed by atoms with Gasteiger partial charge in [0.05, 0.1) is 0 Å². The van der Waals surface area contributed by atoms with Crippen molar-refractivity contribution < 1.29 is 19.8 Å². The Balaban J connectivity index is 2.72. The summed E-state index contributed by atoms with van der Waals surface area (Å²) < 4.78 is 0. The smallest absolute Gasteiger partial charge is 0.339 e. The van der Waals surface area contributed by atoms with E-state index in [0.717, 1.165) is 0 Å². The highest BCUT2D eigenvalue weighted by molar-refractivity contribution is 5.94. The standard InChI is InChI=1S/C14H20N2O4/c1-14(2,3)11(15)7-12(18)16-8-4-5-9(13(19)20)10(17)6-8/h4-6,11,17H,7,15H2,1-3H3,(H,16,18)(H,19,20). The Kier molecular flexibility index (Phi) is 4.73. The van der Waals surface area contributed by atoms with Gasteiger partial charge in [-0.3, -0.25) is 4.79 Å². The summed E-state index contributed by atoms with van der Waals surface area (Å²) in [6, 6.07) is 3.55. The lowest BCUT2D eigenvalue weighted by molar-refractivity contribution is -0.117. The van der Waals surface area contributed by atoms with Crippen molar-refractivity contribution >= 4 is 17.6 Å². The first kappa shape index (κ1) is 16.0. The number of amides is 1. The topological polar surface area (TPSA) is 113 Å². The molecular weight excluding hydrogens is 260 g/mol. The van der Waals surface area contributed by atoms with Gasteiger partial charge >= 0.3 is 5.97 Å². The minimum atomic E-state index is -1.23. The summed E-state index contributed by atoms with van der Waals surface area (Å²) in [5.41, 5.74) is 5.84. The number of anilines is 1. The van der Waals surface area contributed by atoms with Crippen molar-refractivity contribution in [2.75, 3.05) is 5.32 Å². The molecule has 0 saturated heterocycles. The summed E-state index contributed by atoms with van der Waals surface area (Å²) in [5.74, 6) is -1.90. The van der Waals surface area contributed by atoms with E-state index >= 15 is 0 Å². The van der Waals surface area contributed by atoms with Crippen LogP contribution in [0.1, 0.15) is 37.6 Å². The minimum absolute atomic E-state index is 0.144. The summed E-state index contributed by atoms with van der Waals surface area (Å²) in [7, 11) is 0. The van der Waals surface area contributed by atoms with E-state index < -0.39 is 11.7 Å². The van der Waals surface area contributed by atoms with E-state index in [1.54, 1.807) is 0 Å². The first-order valence-corrected chi connectivity index (χ1v) is 6.23. The third-order valence-corrected chi connectivity index (χ3v) is 3.03. The molecule has 6 nitrogen and oxygen atoms in total. The lowest BCUT2D eigenvalue weighted by Gasteiger charge is -2.26. The highest BCUT2D eigenvalue weighted by Gasteiger charge is 2.23. The number of nitrogens with two attached hydrogens (primary N) is 1. The van der Waals surface area contributed by atoms with E-state index in [4.69, 9.17) is 10.8 Å². The maximum absolute atomic E-state index is 11.8. The Hall–Kier alpha value is -2.08. The maximum Gasteiger partial charge on any atom is 0.339 e. The molecule has 0 radical (unpaired) electrons. The van der Waals surface area contributed by atoms with E-state index in [1.165, 1.54) is 18.2 Å². The Morgan fingerprint density at radius 3 is 2.40 bits per heavy atom. The van der Waals surface area contributed by atoms with Crippen LogP contribution in [0.5, 0.6) is 5.75 Å². The van der Waals surface area contributed by atoms with Gasteiger partial charge in [0, 0.05) is 24.2 Å². The van der Waals surface area contributed by atoms with Crippen LogP contribution < -0.4 is 11.1 Å². The molecule has 0 heterocycles. The van der Waals surface area contributed by atoms with Crippen molar-refractivity contribution in [2.24, 2.45) is 11.1 Å². The summed E-state index contributed by atoms with van der Waals surface area (Å²) in [5, 5.41) is 20.9. The summed E-state index contributed by atoms with van der Waals surface area (Å²) >= 11 is 0. The van der Waals surface area contributed by atoms with E-state index in [0.29, 0.717) is 5.69 Å². The van der Waals surface area contributed by atoms with E-state index in [9.17, 15) is 14.7 Å². The number of carboxylic acid groups (broad SMARTS) is 1. The fraction of sp³-hybridized carbons (Fsp3) is 0.429. The molecule has 0 spiro atoms. The maximum atomic E-state index is 11.8. The third-order valence-electron chi connectivity index (χ3n) is 3.03. The molecule has 20 heavy (non-hydrogen) atoms. The number of aromatic carboxylic acids is 1. The van der Waals surface area contributed by atoms with Crippen LogP contribution >= 0.6 is 0 Å². The lowest BCUT2D eigenvalue weighted by atomic mass is 9.85. The van der Waals surface area contributed by atoms with Gasteiger partial charge in [-0.2, -0.15) is 0 Å². The van der Waals surface area contributed by atoms with Crippen LogP contribution in [0, 0.1) is 5.41 Å². The zero-order valence-corrected chi connectivity index (χ0v) is 11.8. The summed E-state index contributed by atoms with van der Waals surface area (Å²) in [4.78, 5) is 22.6. The Labute approximate surface area is 117 Å². The number of carbonyl (C=O) groups excluding carboxylic acids is 1. The molecule has 1 amide bonds. The molecule has 0 fully saturated rings. The molecule has 5 N–H and O–H groups in total. The Morgan fingerprint density at radius 1 is 1.35 bits per heavy atom. The molecular formula is C14H20N2O4. The largest absolute Gasteiger partial charge is 0.507 e. The number of aromatic hydroxyl groups is 1. The van der Waals surface area contributed by atoms with Crippen LogP contribution in [0.15, 0.2) is 18.2 Å². The van der Waals surface area contributed by atoms with Gasteiger partial charge in [0.25, 0.3) is 0 Å². The quantitative estimate of drug-likeness (QED) is 0.671. The van der Waals surface area contributed by atoms with Gasteiger partial charge in [-0.25, -0.2) is 4.79 Å². The van der Waals surface area contributed by atoms with Crippen molar-refractivity contribution in [3.8, 4) is 5.75 Å². The fourth-order valence-corrected chi connectivity index (χ4v) is 1.51. The molecule has 0 saturated carbocycles. The normalized spacial score (nSPS) is 12.8. The van der Waals surface area contributed by atoms with Gasteiger partial charge in [0.2, 0.25) is 5.91 Å². The molecule has 110 valence electrons. The second-order valence-corrected chi connectivity index (χ2v) is 5.76. The lowest BCUT2D eigenvalue weighted by Crippen LogP contribution is -2.38. The number of phenols is 1. The Morgan fingerprint density at radius 2 is 1.95 bits per heavy atom. The van der Waals surface area contributed by atoms with Gasteiger partial charge in [-0.05, 0) is 17.5 Å². The number of nitrogens with one attached hydrogen (secondary N) is 1. The van der Waals surface area contributed by atoms with Crippen LogP contribution in [-0.4, -0.2) is 28.1 Å². The molecule has 1 rings (SSSR count). The van der Waals surface area contributed by atoms with Crippen LogP contribution in [0.25, 0.3) is 0 Å². The fourth-order valence-electron chi connectivity index (χ4n) is 1.51. The van der Waals surface area contributed by atoms with Crippen LogP contribution in [-0.2, 0) is 4.79 Å². The molecule has 0 aromatic heterocycles. The number of carboxylic acids is 1. The van der Waals surface area contributed by atoms with Gasteiger partial charge in [0.15, 0.2) is 0 Å². The molecule has 1 aromatic rings. The van der Waals surface area contributed by atoms with Crippen molar-refractivity contribution in [1.29, 1.82) is 0 Å². The summed E-state index contributed by atoms with van der Waals surface area (Å²) in [6.07, 6.45) is 0.144. The number of carbonyl (C=O) groups is 2. The van der Waals surface area contributed by atoms with Gasteiger partial charge < -0.3 is 21.3 Å². The zero-order valence-electron chi connectivity index (χ0n) is 11.8. The van der Waals surface area contributed by atoms with Crippen molar-refractivity contribution in [3.05, 3.63) is 23.8 Å². The number of hydrogen-bond donors (Lipinski definition) is 4. The molecule has 1 unspecified atom stereocenters. The number of rotatable bonds is 4. The van der Waals surface area contributed by atoms with Crippen LogP contribution in [0.4, 0.5) is 5.69 Å². The van der Waals surface area contributed by atoms with Crippen LogP contribution in [0.2, 0.25) is 0 Å². The first-order valence-electron chi connectivity index (χ1n) is 6.23. The third kappa shape index (κ3) is 4.24. The predicted molar refractivity (Wildman–Crippen MR) is 75.7 cm³/mol. The molecule has 0 aliphatic heterocycles. The minimum Gasteiger partial charge on any atom is -0.507 e. The zero-order chi connectivity index (χ0) is 15.5. The molecule has 6 heteroatoms.